The van der Waals surface area contributed by atoms with E-state index >= 15 is 0 Å². The summed E-state index contributed by atoms with van der Waals surface area (Å²) in [5.74, 6) is -10.0. The Kier molecular flexibility index (Phi) is 7.40. The molecule has 0 rings (SSSR count). The number of carboxylic acids is 4. The van der Waals surface area contributed by atoms with Gasteiger partial charge in [0.2, 0.25) is 0 Å². The van der Waals surface area contributed by atoms with Crippen molar-refractivity contribution in [3.63, 3.8) is 0 Å². The summed E-state index contributed by atoms with van der Waals surface area (Å²) >= 11 is 0. The quantitative estimate of drug-likeness (QED) is 0.467. The van der Waals surface area contributed by atoms with E-state index in [-0.39, 0.29) is 19.3 Å². The van der Waals surface area contributed by atoms with Crippen molar-refractivity contribution >= 4 is 23.9 Å². The Bertz CT molecular complexity index is 416. The fourth-order valence-electron chi connectivity index (χ4n) is 2.25. The van der Waals surface area contributed by atoms with Crippen LogP contribution in [0.3, 0.4) is 0 Å². The lowest BCUT2D eigenvalue weighted by Gasteiger charge is -2.22. The average Bonchev–Trinajstić information content (AvgIpc) is 2.35. The lowest BCUT2D eigenvalue weighted by molar-refractivity contribution is -0.156. The van der Waals surface area contributed by atoms with E-state index in [1.807, 2.05) is 0 Å². The molecule has 4 unspecified atom stereocenters. The van der Waals surface area contributed by atoms with Gasteiger partial charge in [-0.05, 0) is 19.3 Å². The summed E-state index contributed by atoms with van der Waals surface area (Å²) in [7, 11) is 0. The maximum atomic E-state index is 11.2. The third kappa shape index (κ3) is 5.41. The molecule has 0 fully saturated rings. The molecule has 4 N–H and O–H groups in total. The number of aliphatic carboxylic acids is 4. The number of carboxylic acid groups (broad SMARTS) is 4. The first-order valence-corrected chi connectivity index (χ1v) is 6.54. The molecule has 0 aromatic heterocycles. The van der Waals surface area contributed by atoms with Crippen molar-refractivity contribution < 1.29 is 39.6 Å². The summed E-state index contributed by atoms with van der Waals surface area (Å²) < 4.78 is 0. The van der Waals surface area contributed by atoms with Gasteiger partial charge >= 0.3 is 23.9 Å². The molecule has 0 amide bonds. The molecule has 0 heterocycles. The minimum absolute atomic E-state index is 0.0958. The van der Waals surface area contributed by atoms with Gasteiger partial charge in [0, 0.05) is 0 Å². The molecule has 0 aromatic carbocycles. The Morgan fingerprint density at radius 3 is 1.38 bits per heavy atom. The van der Waals surface area contributed by atoms with Crippen molar-refractivity contribution in [2.24, 2.45) is 23.7 Å². The van der Waals surface area contributed by atoms with Crippen LogP contribution in [0.25, 0.3) is 0 Å². The fourth-order valence-corrected chi connectivity index (χ4v) is 2.25. The number of hydrogen-bond acceptors (Lipinski definition) is 4. The van der Waals surface area contributed by atoms with E-state index in [2.05, 4.69) is 0 Å². The normalized spacial score (nSPS) is 16.5. The van der Waals surface area contributed by atoms with E-state index in [1.165, 1.54) is 13.8 Å². The second-order valence-electron chi connectivity index (χ2n) is 4.95. The maximum Gasteiger partial charge on any atom is 0.307 e. The van der Waals surface area contributed by atoms with Crippen LogP contribution in [0.4, 0.5) is 0 Å². The van der Waals surface area contributed by atoms with Gasteiger partial charge in [0.1, 0.15) is 0 Å². The predicted molar refractivity (Wildman–Crippen MR) is 69.7 cm³/mol. The average molecular weight is 304 g/mol. The molecule has 0 aliphatic carbocycles. The van der Waals surface area contributed by atoms with Crippen LogP contribution in [0.15, 0.2) is 0 Å². The first-order chi connectivity index (χ1) is 9.63. The molecule has 21 heavy (non-hydrogen) atoms. The largest absolute Gasteiger partial charge is 0.481 e. The SMILES string of the molecule is CCC(C(=O)O)C(CCC(C(=O)O)C(C)C(=O)O)C(=O)O. The van der Waals surface area contributed by atoms with Crippen LogP contribution in [0.2, 0.25) is 0 Å². The standard InChI is InChI=1S/C13H20O8/c1-3-7(11(16)17)9(13(20)21)5-4-8(12(18)19)6(2)10(14)15/h6-9H,3-5H2,1-2H3,(H,14,15)(H,16,17)(H,18,19)(H,20,21). The van der Waals surface area contributed by atoms with Gasteiger partial charge < -0.3 is 20.4 Å². The van der Waals surface area contributed by atoms with Crippen LogP contribution >= 0.6 is 0 Å². The zero-order valence-electron chi connectivity index (χ0n) is 11.9. The van der Waals surface area contributed by atoms with E-state index in [4.69, 9.17) is 20.4 Å². The highest BCUT2D eigenvalue weighted by atomic mass is 16.4. The second-order valence-corrected chi connectivity index (χ2v) is 4.95. The summed E-state index contributed by atoms with van der Waals surface area (Å²) in [5, 5.41) is 36.0. The number of rotatable bonds is 10. The van der Waals surface area contributed by atoms with Gasteiger partial charge in [-0.25, -0.2) is 0 Å². The minimum Gasteiger partial charge on any atom is -0.481 e. The summed E-state index contributed by atoms with van der Waals surface area (Å²) in [6.07, 6.45) is -0.309. The van der Waals surface area contributed by atoms with Crippen LogP contribution < -0.4 is 0 Å². The third-order valence-corrected chi connectivity index (χ3v) is 3.66. The topological polar surface area (TPSA) is 149 Å². The summed E-state index contributed by atoms with van der Waals surface area (Å²) in [4.78, 5) is 44.1. The first-order valence-electron chi connectivity index (χ1n) is 6.54. The van der Waals surface area contributed by atoms with Gasteiger partial charge in [0.15, 0.2) is 0 Å². The van der Waals surface area contributed by atoms with Crippen LogP contribution in [-0.2, 0) is 19.2 Å². The molecule has 0 aliphatic rings. The van der Waals surface area contributed by atoms with Gasteiger partial charge in [0.25, 0.3) is 0 Å². The van der Waals surface area contributed by atoms with Crippen LogP contribution in [-0.4, -0.2) is 44.3 Å². The number of hydrogen-bond donors (Lipinski definition) is 4. The molecule has 0 aromatic rings. The molecule has 0 aliphatic heterocycles. The minimum atomic E-state index is -1.34. The van der Waals surface area contributed by atoms with Crippen molar-refractivity contribution in [2.45, 2.75) is 33.1 Å². The zero-order chi connectivity index (χ0) is 16.7. The Morgan fingerprint density at radius 2 is 1.10 bits per heavy atom. The van der Waals surface area contributed by atoms with Gasteiger partial charge in [-0.3, -0.25) is 19.2 Å². The molecule has 0 spiro atoms. The Hall–Kier alpha value is -2.12. The third-order valence-electron chi connectivity index (χ3n) is 3.66. The Morgan fingerprint density at radius 1 is 0.714 bits per heavy atom. The smallest absolute Gasteiger partial charge is 0.307 e. The van der Waals surface area contributed by atoms with E-state index in [9.17, 15) is 19.2 Å². The first kappa shape index (κ1) is 18.9. The van der Waals surface area contributed by atoms with E-state index in [0.717, 1.165) is 0 Å². The second kappa shape index (κ2) is 8.23. The molecule has 0 saturated heterocycles. The zero-order valence-corrected chi connectivity index (χ0v) is 11.9. The molecule has 120 valence electrons. The molecule has 8 heteroatoms. The van der Waals surface area contributed by atoms with Crippen molar-refractivity contribution in [3.8, 4) is 0 Å². The highest BCUT2D eigenvalue weighted by molar-refractivity contribution is 5.81. The monoisotopic (exact) mass is 304 g/mol. The maximum absolute atomic E-state index is 11.2. The summed E-state index contributed by atoms with van der Waals surface area (Å²) in [6, 6.07) is 0. The van der Waals surface area contributed by atoms with Crippen molar-refractivity contribution in [3.05, 3.63) is 0 Å². The lowest BCUT2D eigenvalue weighted by atomic mass is 9.81. The van der Waals surface area contributed by atoms with E-state index < -0.39 is 47.5 Å². The van der Waals surface area contributed by atoms with Crippen LogP contribution in [0.5, 0.6) is 0 Å². The molecular formula is C13H20O8. The van der Waals surface area contributed by atoms with Gasteiger partial charge in [0.05, 0.1) is 23.7 Å². The lowest BCUT2D eigenvalue weighted by Crippen LogP contribution is -2.32. The van der Waals surface area contributed by atoms with Crippen molar-refractivity contribution in [1.29, 1.82) is 0 Å². The molecule has 0 bridgehead atoms. The fraction of sp³-hybridized carbons (Fsp3) is 0.692. The van der Waals surface area contributed by atoms with Gasteiger partial charge in [-0.2, -0.15) is 0 Å². The van der Waals surface area contributed by atoms with Gasteiger partial charge in [-0.15, -0.1) is 0 Å². The van der Waals surface area contributed by atoms with Crippen LogP contribution in [0.1, 0.15) is 33.1 Å². The van der Waals surface area contributed by atoms with Crippen molar-refractivity contribution in [2.75, 3.05) is 0 Å². The van der Waals surface area contributed by atoms with Crippen LogP contribution in [0, 0.1) is 23.7 Å². The predicted octanol–water partition coefficient (Wildman–Crippen LogP) is 1.000. The van der Waals surface area contributed by atoms with Crippen molar-refractivity contribution in [1.82, 2.24) is 0 Å². The number of carbonyl (C=O) groups is 4. The molecule has 0 saturated carbocycles. The van der Waals surface area contributed by atoms with E-state index in [0.29, 0.717) is 0 Å². The molecule has 8 nitrogen and oxygen atoms in total. The molecular weight excluding hydrogens is 284 g/mol. The molecule has 4 atom stereocenters. The Balaban J connectivity index is 5.02. The van der Waals surface area contributed by atoms with E-state index in [1.54, 1.807) is 0 Å². The Labute approximate surface area is 121 Å². The van der Waals surface area contributed by atoms with Gasteiger partial charge in [-0.1, -0.05) is 13.8 Å². The summed E-state index contributed by atoms with van der Waals surface area (Å²) in [5.41, 5.74) is 0. The highest BCUT2D eigenvalue weighted by Gasteiger charge is 2.36. The highest BCUT2D eigenvalue weighted by Crippen LogP contribution is 2.27. The molecule has 0 radical (unpaired) electrons. The summed E-state index contributed by atoms with van der Waals surface area (Å²) in [6.45, 7) is 2.76.